The van der Waals surface area contributed by atoms with E-state index in [0.29, 0.717) is 18.7 Å². The lowest BCUT2D eigenvalue weighted by molar-refractivity contribution is 0.207. The number of hydrogen-bond acceptors (Lipinski definition) is 6. The molecule has 7 nitrogen and oxygen atoms in total. The Kier molecular flexibility index (Phi) is 6.99. The smallest absolute Gasteiger partial charge is 0.259 e. The van der Waals surface area contributed by atoms with Gasteiger partial charge >= 0.3 is 0 Å². The molecule has 0 saturated carbocycles. The molecule has 4 rings (SSSR count). The molecule has 1 N–H and O–H groups in total. The quantitative estimate of drug-likeness (QED) is 0.596. The van der Waals surface area contributed by atoms with Crippen LogP contribution in [-0.4, -0.2) is 52.3 Å². The Bertz CT molecular complexity index is 1120. The minimum Gasteiger partial charge on any atom is -0.507 e. The van der Waals surface area contributed by atoms with Crippen molar-refractivity contribution in [2.75, 3.05) is 37.7 Å². The first-order chi connectivity index (χ1) is 16.0. The van der Waals surface area contributed by atoms with Gasteiger partial charge in [-0.3, -0.25) is 9.69 Å². The summed E-state index contributed by atoms with van der Waals surface area (Å²) in [4.78, 5) is 22.5. The van der Waals surface area contributed by atoms with Crippen LogP contribution in [0.15, 0.2) is 59.5 Å². The van der Waals surface area contributed by atoms with Crippen LogP contribution >= 0.6 is 0 Å². The average Bonchev–Trinajstić information content (AvgIpc) is 2.83. The van der Waals surface area contributed by atoms with E-state index in [1.807, 2.05) is 69.4 Å². The van der Waals surface area contributed by atoms with Crippen molar-refractivity contribution in [3.8, 4) is 11.5 Å². The maximum absolute atomic E-state index is 13.5. The molecule has 1 aromatic carbocycles. The van der Waals surface area contributed by atoms with Crippen molar-refractivity contribution < 1.29 is 9.84 Å². The summed E-state index contributed by atoms with van der Waals surface area (Å²) in [5.74, 6) is 1.80. The van der Waals surface area contributed by atoms with Crippen LogP contribution < -0.4 is 15.2 Å². The fourth-order valence-electron chi connectivity index (χ4n) is 4.64. The van der Waals surface area contributed by atoms with E-state index >= 15 is 0 Å². The SMILES string of the molecule is CCOc1ccc([C@H](c2c(O)cc(C)n(CC)c2=O)N2CCN(c3ccccn3)CC2)cc1. The molecular formula is C26H32N4O3. The molecule has 33 heavy (non-hydrogen) atoms. The molecule has 0 amide bonds. The second kappa shape index (κ2) is 10.1. The fraction of sp³-hybridized carbons (Fsp3) is 0.385. The molecule has 1 fully saturated rings. The third kappa shape index (κ3) is 4.73. The Morgan fingerprint density at radius 2 is 1.79 bits per heavy atom. The van der Waals surface area contributed by atoms with E-state index in [-0.39, 0.29) is 17.4 Å². The Balaban J connectivity index is 1.71. The molecule has 2 aromatic heterocycles. The molecule has 0 radical (unpaired) electrons. The van der Waals surface area contributed by atoms with Crippen molar-refractivity contribution in [2.45, 2.75) is 33.4 Å². The topological polar surface area (TPSA) is 70.8 Å². The summed E-state index contributed by atoms with van der Waals surface area (Å²) in [6.07, 6.45) is 1.81. The first-order valence-corrected chi connectivity index (χ1v) is 11.6. The second-order valence-electron chi connectivity index (χ2n) is 8.25. The van der Waals surface area contributed by atoms with E-state index in [1.165, 1.54) is 0 Å². The number of benzene rings is 1. The highest BCUT2D eigenvalue weighted by Crippen LogP contribution is 2.34. The van der Waals surface area contributed by atoms with Crippen LogP contribution in [0.5, 0.6) is 11.5 Å². The first kappa shape index (κ1) is 22.9. The number of ether oxygens (including phenoxy) is 1. The summed E-state index contributed by atoms with van der Waals surface area (Å²) in [7, 11) is 0. The summed E-state index contributed by atoms with van der Waals surface area (Å²) in [6.45, 7) is 9.98. The number of aryl methyl sites for hydroxylation is 1. The molecule has 7 heteroatoms. The number of rotatable bonds is 7. The zero-order valence-electron chi connectivity index (χ0n) is 19.6. The van der Waals surface area contributed by atoms with Crippen LogP contribution in [-0.2, 0) is 6.54 Å². The molecule has 1 atom stereocenters. The van der Waals surface area contributed by atoms with Crippen molar-refractivity contribution in [1.29, 1.82) is 0 Å². The van der Waals surface area contributed by atoms with Gasteiger partial charge in [-0.2, -0.15) is 0 Å². The van der Waals surface area contributed by atoms with Gasteiger partial charge in [0.2, 0.25) is 0 Å². The van der Waals surface area contributed by atoms with E-state index in [9.17, 15) is 9.90 Å². The predicted octanol–water partition coefficient (Wildman–Crippen LogP) is 3.59. The van der Waals surface area contributed by atoms with Gasteiger partial charge in [-0.25, -0.2) is 4.98 Å². The number of piperazine rings is 1. The monoisotopic (exact) mass is 448 g/mol. The maximum Gasteiger partial charge on any atom is 0.259 e. The van der Waals surface area contributed by atoms with E-state index in [4.69, 9.17) is 4.74 Å². The number of aromatic nitrogens is 2. The first-order valence-electron chi connectivity index (χ1n) is 11.6. The van der Waals surface area contributed by atoms with Crippen LogP contribution in [0.25, 0.3) is 0 Å². The maximum atomic E-state index is 13.5. The molecule has 0 bridgehead atoms. The van der Waals surface area contributed by atoms with Crippen molar-refractivity contribution in [1.82, 2.24) is 14.5 Å². The predicted molar refractivity (Wildman–Crippen MR) is 130 cm³/mol. The van der Waals surface area contributed by atoms with Crippen molar-refractivity contribution in [3.05, 3.63) is 81.9 Å². The minimum absolute atomic E-state index is 0.0493. The van der Waals surface area contributed by atoms with Gasteiger partial charge < -0.3 is 19.3 Å². The van der Waals surface area contributed by atoms with Crippen molar-refractivity contribution in [3.63, 3.8) is 0 Å². The number of anilines is 1. The molecule has 1 saturated heterocycles. The van der Waals surface area contributed by atoms with Gasteiger partial charge in [0, 0.05) is 44.6 Å². The van der Waals surface area contributed by atoms with Gasteiger partial charge in [0.1, 0.15) is 17.3 Å². The van der Waals surface area contributed by atoms with Gasteiger partial charge in [0.15, 0.2) is 0 Å². The number of hydrogen-bond donors (Lipinski definition) is 1. The van der Waals surface area contributed by atoms with E-state index in [2.05, 4.69) is 14.8 Å². The highest BCUT2D eigenvalue weighted by atomic mass is 16.5. The van der Waals surface area contributed by atoms with Crippen LogP contribution in [0.4, 0.5) is 5.82 Å². The molecule has 1 aliphatic rings. The molecule has 3 aromatic rings. The molecule has 0 unspecified atom stereocenters. The van der Waals surface area contributed by atoms with E-state index < -0.39 is 0 Å². The zero-order chi connectivity index (χ0) is 23.4. The van der Waals surface area contributed by atoms with E-state index in [1.54, 1.807) is 10.6 Å². The van der Waals surface area contributed by atoms with E-state index in [0.717, 1.165) is 49.0 Å². The van der Waals surface area contributed by atoms with Gasteiger partial charge in [0.05, 0.1) is 18.2 Å². The third-order valence-electron chi connectivity index (χ3n) is 6.27. The highest BCUT2D eigenvalue weighted by molar-refractivity contribution is 5.43. The Morgan fingerprint density at radius 3 is 2.39 bits per heavy atom. The average molecular weight is 449 g/mol. The second-order valence-corrected chi connectivity index (χ2v) is 8.25. The van der Waals surface area contributed by atoms with Crippen molar-refractivity contribution in [2.24, 2.45) is 0 Å². The van der Waals surface area contributed by atoms with Crippen molar-refractivity contribution >= 4 is 5.82 Å². The Morgan fingerprint density at radius 1 is 1.06 bits per heavy atom. The Labute approximate surface area is 194 Å². The summed E-state index contributed by atoms with van der Waals surface area (Å²) in [5.41, 5.74) is 2.01. The third-order valence-corrected chi connectivity index (χ3v) is 6.27. The van der Waals surface area contributed by atoms with Gasteiger partial charge in [-0.1, -0.05) is 18.2 Å². The lowest BCUT2D eigenvalue weighted by atomic mass is 9.96. The number of nitrogens with zero attached hydrogens (tertiary/aromatic N) is 4. The highest BCUT2D eigenvalue weighted by Gasteiger charge is 2.31. The van der Waals surface area contributed by atoms with Gasteiger partial charge in [-0.15, -0.1) is 0 Å². The lowest BCUT2D eigenvalue weighted by Gasteiger charge is -2.40. The molecule has 174 valence electrons. The summed E-state index contributed by atoms with van der Waals surface area (Å²) >= 11 is 0. The minimum atomic E-state index is -0.350. The fourth-order valence-corrected chi connectivity index (χ4v) is 4.64. The van der Waals surface area contributed by atoms with Gasteiger partial charge in [-0.05, 0) is 56.7 Å². The largest absolute Gasteiger partial charge is 0.507 e. The molecule has 0 spiro atoms. The molecule has 0 aliphatic carbocycles. The standard InChI is InChI=1S/C26H32N4O3/c1-4-30-19(3)18-22(31)24(26(30)32)25(20-9-11-21(12-10-20)33-5-2)29-16-14-28(15-17-29)23-8-6-7-13-27-23/h6-13,18,25,31H,4-5,14-17H2,1-3H3/t25-/m1/s1. The molecule has 1 aliphatic heterocycles. The van der Waals surface area contributed by atoms with Crippen LogP contribution in [0.3, 0.4) is 0 Å². The summed E-state index contributed by atoms with van der Waals surface area (Å²) in [6, 6.07) is 15.1. The van der Waals surface area contributed by atoms with Gasteiger partial charge in [0.25, 0.3) is 5.56 Å². The van der Waals surface area contributed by atoms with Crippen LogP contribution in [0.2, 0.25) is 0 Å². The number of pyridine rings is 2. The zero-order valence-corrected chi connectivity index (χ0v) is 19.6. The molecule has 3 heterocycles. The Hall–Kier alpha value is -3.32. The molecular weight excluding hydrogens is 416 g/mol. The number of aromatic hydroxyl groups is 1. The normalized spacial score (nSPS) is 15.4. The van der Waals surface area contributed by atoms with Crippen LogP contribution in [0, 0.1) is 6.92 Å². The summed E-state index contributed by atoms with van der Waals surface area (Å²) in [5, 5.41) is 10.9. The lowest BCUT2D eigenvalue weighted by Crippen LogP contribution is -2.49. The van der Waals surface area contributed by atoms with Crippen LogP contribution in [0.1, 0.15) is 36.7 Å². The summed E-state index contributed by atoms with van der Waals surface area (Å²) < 4.78 is 7.34.